The van der Waals surface area contributed by atoms with Crippen molar-refractivity contribution in [3.8, 4) is 0 Å². The van der Waals surface area contributed by atoms with E-state index in [4.69, 9.17) is 0 Å². The number of rotatable bonds is 25. The molecule has 0 atom stereocenters. The minimum absolute atomic E-state index is 0.331. The topological polar surface area (TPSA) is 40.5 Å². The minimum atomic E-state index is 0.331. The lowest BCUT2D eigenvalue weighted by atomic mass is 10.1. The first-order chi connectivity index (χ1) is 15.6. The Morgan fingerprint density at radius 2 is 0.594 bits per heavy atom. The Bertz CT molecular complexity index is 338. The molecular formula is C28H62N2O2+2. The summed E-state index contributed by atoms with van der Waals surface area (Å²) < 4.78 is 2.29. The molecule has 0 rings (SSSR count). The maximum atomic E-state index is 9.68. The summed E-state index contributed by atoms with van der Waals surface area (Å²) in [6.07, 6.45) is 18.2. The van der Waals surface area contributed by atoms with Crippen molar-refractivity contribution in [3.63, 3.8) is 0 Å². The highest BCUT2D eigenvalue weighted by atomic mass is 16.3. The molecule has 194 valence electrons. The van der Waals surface area contributed by atoms with Crippen LogP contribution in [0.2, 0.25) is 0 Å². The third-order valence-corrected chi connectivity index (χ3v) is 7.61. The molecule has 0 heterocycles. The van der Waals surface area contributed by atoms with Crippen molar-refractivity contribution in [2.75, 3.05) is 65.6 Å². The lowest BCUT2D eigenvalue weighted by molar-refractivity contribution is -0.929. The lowest BCUT2D eigenvalue weighted by Gasteiger charge is -2.39. The van der Waals surface area contributed by atoms with Crippen molar-refractivity contribution in [2.24, 2.45) is 0 Å². The molecule has 0 aromatic carbocycles. The second-order valence-corrected chi connectivity index (χ2v) is 10.5. The normalized spacial score (nSPS) is 12.6. The van der Waals surface area contributed by atoms with E-state index in [1.807, 2.05) is 0 Å². The third-order valence-electron chi connectivity index (χ3n) is 7.61. The fourth-order valence-corrected chi connectivity index (χ4v) is 5.34. The molecule has 0 fully saturated rings. The van der Waals surface area contributed by atoms with Gasteiger partial charge in [-0.2, -0.15) is 0 Å². The lowest BCUT2D eigenvalue weighted by Crippen LogP contribution is -2.51. The Morgan fingerprint density at radius 1 is 0.344 bits per heavy atom. The minimum Gasteiger partial charge on any atom is -0.391 e. The second kappa shape index (κ2) is 21.4. The van der Waals surface area contributed by atoms with Crippen molar-refractivity contribution in [2.45, 2.75) is 118 Å². The molecule has 0 aromatic rings. The Hall–Kier alpha value is -0.160. The monoisotopic (exact) mass is 458 g/mol. The first kappa shape index (κ1) is 31.8. The van der Waals surface area contributed by atoms with Crippen LogP contribution in [0.15, 0.2) is 0 Å². The van der Waals surface area contributed by atoms with Gasteiger partial charge in [0.25, 0.3) is 0 Å². The van der Waals surface area contributed by atoms with Gasteiger partial charge in [0.15, 0.2) is 0 Å². The molecule has 0 aliphatic heterocycles. The number of unbranched alkanes of at least 4 members (excludes halogenated alkanes) is 9. The van der Waals surface area contributed by atoms with Gasteiger partial charge in [0.2, 0.25) is 0 Å². The van der Waals surface area contributed by atoms with Crippen molar-refractivity contribution in [1.82, 2.24) is 0 Å². The zero-order valence-corrected chi connectivity index (χ0v) is 22.8. The van der Waals surface area contributed by atoms with Gasteiger partial charge in [-0.05, 0) is 51.4 Å². The fourth-order valence-electron chi connectivity index (χ4n) is 5.34. The van der Waals surface area contributed by atoms with Crippen LogP contribution in [0, 0.1) is 0 Å². The predicted octanol–water partition coefficient (Wildman–Crippen LogP) is 6.15. The summed E-state index contributed by atoms with van der Waals surface area (Å²) in [6, 6.07) is 0. The van der Waals surface area contributed by atoms with Crippen LogP contribution < -0.4 is 0 Å². The van der Waals surface area contributed by atoms with Crippen LogP contribution >= 0.6 is 0 Å². The van der Waals surface area contributed by atoms with Crippen molar-refractivity contribution in [3.05, 3.63) is 0 Å². The highest BCUT2D eigenvalue weighted by molar-refractivity contribution is 4.53. The third kappa shape index (κ3) is 14.9. The average Bonchev–Trinajstić information content (AvgIpc) is 2.80. The summed E-state index contributed by atoms with van der Waals surface area (Å²) in [7, 11) is 0. The summed E-state index contributed by atoms with van der Waals surface area (Å²) >= 11 is 0. The van der Waals surface area contributed by atoms with E-state index in [2.05, 4.69) is 27.7 Å². The van der Waals surface area contributed by atoms with Gasteiger partial charge in [-0.15, -0.1) is 0 Å². The van der Waals surface area contributed by atoms with Crippen LogP contribution in [-0.4, -0.2) is 84.8 Å². The fraction of sp³-hybridized carbons (Fsp3) is 1.00. The molecule has 4 nitrogen and oxygen atoms in total. The number of hydrogen-bond donors (Lipinski definition) is 2. The highest BCUT2D eigenvalue weighted by Crippen LogP contribution is 2.18. The van der Waals surface area contributed by atoms with Gasteiger partial charge >= 0.3 is 0 Å². The number of aliphatic hydroxyl groups excluding tert-OH is 2. The molecule has 4 heteroatoms. The molecule has 0 radical (unpaired) electrons. The van der Waals surface area contributed by atoms with E-state index in [1.165, 1.54) is 129 Å². The largest absolute Gasteiger partial charge is 0.391 e. The van der Waals surface area contributed by atoms with E-state index in [1.54, 1.807) is 0 Å². The summed E-state index contributed by atoms with van der Waals surface area (Å²) in [4.78, 5) is 0. The Kier molecular flexibility index (Phi) is 21.3. The van der Waals surface area contributed by atoms with Gasteiger partial charge < -0.3 is 19.2 Å². The van der Waals surface area contributed by atoms with Crippen LogP contribution in [0.5, 0.6) is 0 Å². The molecule has 0 saturated heterocycles. The van der Waals surface area contributed by atoms with Gasteiger partial charge in [0.1, 0.15) is 13.1 Å². The smallest absolute Gasteiger partial charge is 0.102 e. The quantitative estimate of drug-likeness (QED) is 0.127. The van der Waals surface area contributed by atoms with Gasteiger partial charge in [0, 0.05) is 0 Å². The van der Waals surface area contributed by atoms with Crippen LogP contribution in [-0.2, 0) is 0 Å². The Balaban J connectivity index is 4.36. The maximum Gasteiger partial charge on any atom is 0.102 e. The molecule has 0 amide bonds. The second-order valence-electron chi connectivity index (χ2n) is 10.5. The average molecular weight is 459 g/mol. The van der Waals surface area contributed by atoms with Crippen molar-refractivity contribution in [1.29, 1.82) is 0 Å². The van der Waals surface area contributed by atoms with Crippen LogP contribution in [0.25, 0.3) is 0 Å². The Morgan fingerprint density at radius 3 is 0.844 bits per heavy atom. The molecule has 2 N–H and O–H groups in total. The first-order valence-electron chi connectivity index (χ1n) is 14.5. The van der Waals surface area contributed by atoms with Gasteiger partial charge in [0.05, 0.1) is 52.5 Å². The standard InChI is InChI=1S/C28H62N2O2/c1-5-9-19-29(25-27-31,20-10-6-2)23-17-15-13-14-16-18-24-30(26-28-32,21-11-7-3)22-12-8-4/h31-32H,5-28H2,1-4H3/q+2. The molecule has 0 saturated carbocycles. The van der Waals surface area contributed by atoms with E-state index >= 15 is 0 Å². The molecular weight excluding hydrogens is 396 g/mol. The van der Waals surface area contributed by atoms with E-state index in [0.717, 1.165) is 22.1 Å². The molecule has 0 spiro atoms. The Labute approximate surface area is 202 Å². The van der Waals surface area contributed by atoms with Crippen LogP contribution in [0.1, 0.15) is 118 Å². The molecule has 0 bridgehead atoms. The number of quaternary nitrogens is 2. The SMILES string of the molecule is CCCC[N+](CCO)(CCCC)CCCCCCCC[N+](CCO)(CCCC)CCCC. The molecule has 0 aliphatic carbocycles. The number of nitrogens with zero attached hydrogens (tertiary/aromatic N) is 2. The van der Waals surface area contributed by atoms with Gasteiger partial charge in [-0.1, -0.05) is 66.2 Å². The highest BCUT2D eigenvalue weighted by Gasteiger charge is 2.26. The number of hydrogen-bond acceptors (Lipinski definition) is 2. The summed E-state index contributed by atoms with van der Waals surface area (Å²) in [5.74, 6) is 0. The maximum absolute atomic E-state index is 9.68. The van der Waals surface area contributed by atoms with E-state index in [9.17, 15) is 10.2 Å². The summed E-state index contributed by atoms with van der Waals surface area (Å²) in [6.45, 7) is 19.2. The van der Waals surface area contributed by atoms with Crippen molar-refractivity contribution < 1.29 is 19.2 Å². The van der Waals surface area contributed by atoms with Gasteiger partial charge in [-0.25, -0.2) is 0 Å². The van der Waals surface area contributed by atoms with Crippen LogP contribution in [0.3, 0.4) is 0 Å². The summed E-state index contributed by atoms with van der Waals surface area (Å²) in [5, 5.41) is 19.4. The number of aliphatic hydroxyl groups is 2. The molecule has 0 unspecified atom stereocenters. The first-order valence-corrected chi connectivity index (χ1v) is 14.5. The van der Waals surface area contributed by atoms with E-state index in [0.29, 0.717) is 13.2 Å². The zero-order chi connectivity index (χ0) is 24.0. The molecule has 32 heavy (non-hydrogen) atoms. The van der Waals surface area contributed by atoms with E-state index < -0.39 is 0 Å². The van der Waals surface area contributed by atoms with Gasteiger partial charge in [-0.3, -0.25) is 0 Å². The van der Waals surface area contributed by atoms with Crippen LogP contribution in [0.4, 0.5) is 0 Å². The van der Waals surface area contributed by atoms with Crippen molar-refractivity contribution >= 4 is 0 Å². The summed E-state index contributed by atoms with van der Waals surface area (Å²) in [5.41, 5.74) is 0. The zero-order valence-electron chi connectivity index (χ0n) is 22.8. The molecule has 0 aliphatic rings. The predicted molar refractivity (Wildman–Crippen MR) is 141 cm³/mol. The van der Waals surface area contributed by atoms with E-state index in [-0.39, 0.29) is 0 Å². The molecule has 0 aromatic heterocycles.